The lowest BCUT2D eigenvalue weighted by atomic mass is 10.0. The lowest BCUT2D eigenvalue weighted by Crippen LogP contribution is -1.82. The molecule has 0 bridgehead atoms. The van der Waals surface area contributed by atoms with Crippen LogP contribution in [0.15, 0.2) is 64.5 Å². The van der Waals surface area contributed by atoms with Crippen LogP contribution in [0.3, 0.4) is 0 Å². The maximum Gasteiger partial charge on any atom is 0.118 e. The summed E-state index contributed by atoms with van der Waals surface area (Å²) < 4.78 is 6.34. The van der Waals surface area contributed by atoms with Gasteiger partial charge in [-0.05, 0) is 56.9 Å². The zero-order valence-electron chi connectivity index (χ0n) is 11.0. The van der Waals surface area contributed by atoms with E-state index in [1.54, 1.807) is 18.4 Å². The summed E-state index contributed by atoms with van der Waals surface area (Å²) in [5.41, 5.74) is 3.66. The average molecular weight is 345 g/mol. The van der Waals surface area contributed by atoms with Gasteiger partial charge in [0, 0.05) is 4.88 Å². The first-order chi connectivity index (χ1) is 9.76. The van der Waals surface area contributed by atoms with Crippen molar-refractivity contribution >= 4 is 27.3 Å². The molecule has 0 aliphatic heterocycles. The third-order valence-electron chi connectivity index (χ3n) is 3.17. The van der Waals surface area contributed by atoms with Crippen molar-refractivity contribution in [2.24, 2.45) is 0 Å². The van der Waals surface area contributed by atoms with Crippen LogP contribution in [0.1, 0.15) is 0 Å². The van der Waals surface area contributed by atoms with Gasteiger partial charge in [0.2, 0.25) is 0 Å². The molecule has 0 aliphatic carbocycles. The Kier molecular flexibility index (Phi) is 3.90. The molecule has 0 saturated carbocycles. The molecule has 0 aliphatic rings. The third-order valence-corrected chi connectivity index (χ3v) is 4.84. The molecule has 0 N–H and O–H groups in total. The summed E-state index contributed by atoms with van der Waals surface area (Å²) in [5, 5.41) is 0. The summed E-state index contributed by atoms with van der Waals surface area (Å²) in [6.45, 7) is 0. The Morgan fingerprint density at radius 1 is 0.750 bits per heavy atom. The van der Waals surface area contributed by atoms with Crippen LogP contribution in [-0.2, 0) is 0 Å². The molecule has 0 atom stereocenters. The van der Waals surface area contributed by atoms with Crippen molar-refractivity contribution in [1.29, 1.82) is 0 Å². The first kappa shape index (κ1) is 13.4. The Morgan fingerprint density at radius 3 is 1.80 bits per heavy atom. The van der Waals surface area contributed by atoms with Crippen molar-refractivity contribution in [2.45, 2.75) is 0 Å². The van der Waals surface area contributed by atoms with Crippen molar-refractivity contribution in [1.82, 2.24) is 0 Å². The minimum Gasteiger partial charge on any atom is -0.497 e. The van der Waals surface area contributed by atoms with Crippen molar-refractivity contribution in [3.8, 4) is 27.3 Å². The first-order valence-electron chi connectivity index (χ1n) is 6.26. The summed E-state index contributed by atoms with van der Waals surface area (Å²) in [5.74, 6) is 0.883. The smallest absolute Gasteiger partial charge is 0.118 e. The third kappa shape index (κ3) is 2.79. The summed E-state index contributed by atoms with van der Waals surface area (Å²) in [6.07, 6.45) is 0. The van der Waals surface area contributed by atoms with Crippen LogP contribution < -0.4 is 4.74 Å². The summed E-state index contributed by atoms with van der Waals surface area (Å²) in [4.78, 5) is 1.28. The number of benzene rings is 2. The quantitative estimate of drug-likeness (QED) is 0.578. The second kappa shape index (κ2) is 5.81. The van der Waals surface area contributed by atoms with Gasteiger partial charge in [-0.15, -0.1) is 11.3 Å². The lowest BCUT2D eigenvalue weighted by Gasteiger charge is -2.05. The topological polar surface area (TPSA) is 9.23 Å². The van der Waals surface area contributed by atoms with Crippen LogP contribution in [0.4, 0.5) is 0 Å². The van der Waals surface area contributed by atoms with Gasteiger partial charge in [-0.1, -0.05) is 36.4 Å². The molecule has 100 valence electrons. The van der Waals surface area contributed by atoms with Gasteiger partial charge in [0.15, 0.2) is 0 Å². The molecule has 3 heteroatoms. The predicted molar refractivity (Wildman–Crippen MR) is 89.4 cm³/mol. The number of thiophene rings is 1. The van der Waals surface area contributed by atoms with Gasteiger partial charge in [-0.3, -0.25) is 0 Å². The Morgan fingerprint density at radius 2 is 1.30 bits per heavy atom. The summed E-state index contributed by atoms with van der Waals surface area (Å²) >= 11 is 5.25. The molecule has 3 rings (SSSR count). The second-order valence-corrected chi connectivity index (χ2v) is 6.87. The molecule has 0 amide bonds. The van der Waals surface area contributed by atoms with Gasteiger partial charge in [-0.2, -0.15) is 0 Å². The Hall–Kier alpha value is -1.58. The Labute approximate surface area is 131 Å². The SMILES string of the molecule is COc1ccc(-c2ccc(-c3ccc(Br)s3)cc2)cc1. The van der Waals surface area contributed by atoms with Crippen LogP contribution in [0.2, 0.25) is 0 Å². The molecular formula is C17H13BrOS. The van der Waals surface area contributed by atoms with Crippen molar-refractivity contribution in [3.63, 3.8) is 0 Å². The molecule has 20 heavy (non-hydrogen) atoms. The zero-order valence-corrected chi connectivity index (χ0v) is 13.4. The fourth-order valence-corrected chi connectivity index (χ4v) is 3.47. The van der Waals surface area contributed by atoms with Crippen molar-refractivity contribution < 1.29 is 4.74 Å². The highest BCUT2D eigenvalue weighted by Gasteiger charge is 2.03. The Bertz CT molecular complexity index is 699. The number of rotatable bonds is 3. The van der Waals surface area contributed by atoms with E-state index in [2.05, 4.69) is 64.5 Å². The molecule has 0 spiro atoms. The minimum absolute atomic E-state index is 0.883. The molecule has 1 nitrogen and oxygen atoms in total. The molecule has 0 unspecified atom stereocenters. The number of methoxy groups -OCH3 is 1. The van der Waals surface area contributed by atoms with Gasteiger partial charge in [0.05, 0.1) is 10.9 Å². The highest BCUT2D eigenvalue weighted by molar-refractivity contribution is 9.11. The maximum absolute atomic E-state index is 5.18. The normalized spacial score (nSPS) is 10.5. The molecule has 1 heterocycles. The van der Waals surface area contributed by atoms with Crippen LogP contribution >= 0.6 is 27.3 Å². The standard InChI is InChI=1S/C17H13BrOS/c1-19-15-8-6-13(7-9-15)12-2-4-14(5-3-12)16-10-11-17(18)20-16/h2-11H,1H3. The highest BCUT2D eigenvalue weighted by atomic mass is 79.9. The van der Waals surface area contributed by atoms with Crippen LogP contribution in [-0.4, -0.2) is 7.11 Å². The van der Waals surface area contributed by atoms with Crippen molar-refractivity contribution in [2.75, 3.05) is 7.11 Å². The number of halogens is 1. The van der Waals surface area contributed by atoms with E-state index in [0.717, 1.165) is 9.54 Å². The fraction of sp³-hybridized carbons (Fsp3) is 0.0588. The van der Waals surface area contributed by atoms with Gasteiger partial charge in [0.25, 0.3) is 0 Å². The van der Waals surface area contributed by atoms with Gasteiger partial charge < -0.3 is 4.74 Å². The van der Waals surface area contributed by atoms with E-state index in [0.29, 0.717) is 0 Å². The average Bonchev–Trinajstić information content (AvgIpc) is 2.94. The molecule has 0 saturated heterocycles. The minimum atomic E-state index is 0.883. The van der Waals surface area contributed by atoms with Crippen LogP contribution in [0.25, 0.3) is 21.6 Å². The Balaban J connectivity index is 1.88. The number of hydrogen-bond donors (Lipinski definition) is 0. The zero-order chi connectivity index (χ0) is 13.9. The van der Waals surface area contributed by atoms with E-state index in [-0.39, 0.29) is 0 Å². The van der Waals surface area contributed by atoms with Gasteiger partial charge in [0.1, 0.15) is 5.75 Å². The van der Waals surface area contributed by atoms with E-state index in [9.17, 15) is 0 Å². The van der Waals surface area contributed by atoms with E-state index in [4.69, 9.17) is 4.74 Å². The van der Waals surface area contributed by atoms with E-state index < -0.39 is 0 Å². The highest BCUT2D eigenvalue weighted by Crippen LogP contribution is 2.32. The molecule has 3 aromatic rings. The van der Waals surface area contributed by atoms with Crippen LogP contribution in [0.5, 0.6) is 5.75 Å². The maximum atomic E-state index is 5.18. The number of ether oxygens (including phenoxy) is 1. The molecule has 1 aromatic heterocycles. The predicted octanol–water partition coefficient (Wildman–Crippen LogP) is 5.85. The van der Waals surface area contributed by atoms with Gasteiger partial charge >= 0.3 is 0 Å². The first-order valence-corrected chi connectivity index (χ1v) is 7.87. The molecule has 0 fully saturated rings. The summed E-state index contributed by atoms with van der Waals surface area (Å²) in [7, 11) is 1.68. The second-order valence-electron chi connectivity index (χ2n) is 4.41. The van der Waals surface area contributed by atoms with E-state index in [1.807, 2.05) is 12.1 Å². The van der Waals surface area contributed by atoms with Gasteiger partial charge in [-0.25, -0.2) is 0 Å². The van der Waals surface area contributed by atoms with E-state index in [1.165, 1.54) is 21.6 Å². The largest absolute Gasteiger partial charge is 0.497 e. The molecule has 2 aromatic carbocycles. The molecule has 0 radical (unpaired) electrons. The number of hydrogen-bond acceptors (Lipinski definition) is 2. The monoisotopic (exact) mass is 344 g/mol. The van der Waals surface area contributed by atoms with Crippen LogP contribution in [0, 0.1) is 0 Å². The molecular weight excluding hydrogens is 332 g/mol. The van der Waals surface area contributed by atoms with E-state index >= 15 is 0 Å². The lowest BCUT2D eigenvalue weighted by molar-refractivity contribution is 0.415. The summed E-state index contributed by atoms with van der Waals surface area (Å²) in [6, 6.07) is 21.0. The van der Waals surface area contributed by atoms with Crippen molar-refractivity contribution in [3.05, 3.63) is 64.5 Å². The fourth-order valence-electron chi connectivity index (χ4n) is 2.08.